The van der Waals surface area contributed by atoms with Gasteiger partial charge in [-0.3, -0.25) is 0 Å². The summed E-state index contributed by atoms with van der Waals surface area (Å²) in [6.07, 6.45) is 1.43. The van der Waals surface area contributed by atoms with E-state index in [1.807, 2.05) is 12.3 Å². The van der Waals surface area contributed by atoms with Gasteiger partial charge in [0.1, 0.15) is 23.8 Å². The fourth-order valence-electron chi connectivity index (χ4n) is 2.21. The smallest absolute Gasteiger partial charge is 0.161 e. The molecule has 0 atom stereocenters. The number of nitrogens with two attached hydrogens (primary N) is 1. The largest absolute Gasteiger partial charge is 0.494 e. The Labute approximate surface area is 160 Å². The van der Waals surface area contributed by atoms with Gasteiger partial charge in [-0.1, -0.05) is 23.2 Å². The number of ether oxygens (including phenoxy) is 2. The van der Waals surface area contributed by atoms with Crippen molar-refractivity contribution in [2.75, 3.05) is 12.8 Å². The van der Waals surface area contributed by atoms with Gasteiger partial charge in [0.05, 0.1) is 26.8 Å². The van der Waals surface area contributed by atoms with E-state index in [2.05, 4.69) is 25.9 Å². The highest BCUT2D eigenvalue weighted by Gasteiger charge is 2.21. The van der Waals surface area contributed by atoms with Gasteiger partial charge in [-0.25, -0.2) is 9.97 Å². The summed E-state index contributed by atoms with van der Waals surface area (Å²) in [5.41, 5.74) is 8.29. The molecule has 0 unspecified atom stereocenters. The lowest BCUT2D eigenvalue weighted by molar-refractivity contribution is 0.305. The third-order valence-corrected chi connectivity index (χ3v) is 6.28. The molecule has 126 valence electrons. The molecule has 0 spiro atoms. The van der Waals surface area contributed by atoms with Crippen LogP contribution in [0.25, 0.3) is 10.2 Å². The minimum atomic E-state index is 0.250. The van der Waals surface area contributed by atoms with Crippen LogP contribution < -0.4 is 15.2 Å². The fourth-order valence-corrected chi connectivity index (χ4v) is 4.52. The zero-order chi connectivity index (χ0) is 17.4. The topological polar surface area (TPSA) is 70.3 Å². The lowest BCUT2D eigenvalue weighted by atomic mass is 10.2. The summed E-state index contributed by atoms with van der Waals surface area (Å²) in [6.45, 7) is 2.10. The molecule has 0 saturated carbocycles. The molecule has 3 rings (SSSR count). The number of nitrogens with zero attached hydrogens (tertiary/aromatic N) is 2. The molecular weight excluding hydrogens is 437 g/mol. The van der Waals surface area contributed by atoms with E-state index in [0.29, 0.717) is 31.8 Å². The van der Waals surface area contributed by atoms with E-state index >= 15 is 0 Å². The van der Waals surface area contributed by atoms with Crippen LogP contribution in [0.2, 0.25) is 10.0 Å². The summed E-state index contributed by atoms with van der Waals surface area (Å²) in [6, 6.07) is 0. The summed E-state index contributed by atoms with van der Waals surface area (Å²) in [7, 11) is 1.54. The number of halogens is 3. The summed E-state index contributed by atoms with van der Waals surface area (Å²) >= 11 is 17.6. The van der Waals surface area contributed by atoms with E-state index in [1.54, 1.807) is 0 Å². The van der Waals surface area contributed by atoms with Crippen LogP contribution in [-0.4, -0.2) is 17.1 Å². The molecule has 0 bridgehead atoms. The van der Waals surface area contributed by atoms with Crippen LogP contribution in [0.3, 0.4) is 0 Å². The standard InChI is InChI=1S/C15H12BrCl2N3O2S/c1-6-8(16)12(22-2)10(18)13(9(6)17)23-3-7-4-24-14-11(7)20-5-21-15(14)19/h4-5H,3H2,1-2H3,(H2,19,20,21). The second kappa shape index (κ2) is 6.92. The summed E-state index contributed by atoms with van der Waals surface area (Å²) in [4.78, 5) is 8.25. The Bertz CT molecular complexity index is 933. The molecule has 9 heteroatoms. The average Bonchev–Trinajstić information content (AvgIpc) is 2.98. The fraction of sp³-hybridized carbons (Fsp3) is 0.200. The highest BCUT2D eigenvalue weighted by molar-refractivity contribution is 9.10. The van der Waals surface area contributed by atoms with Crippen LogP contribution in [0, 0.1) is 6.92 Å². The molecule has 3 aromatic rings. The van der Waals surface area contributed by atoms with Gasteiger partial charge >= 0.3 is 0 Å². The molecule has 0 fully saturated rings. The van der Waals surface area contributed by atoms with Crippen molar-refractivity contribution in [2.24, 2.45) is 0 Å². The minimum absolute atomic E-state index is 0.250. The Hall–Kier alpha value is -1.28. The number of benzene rings is 1. The second-order valence-electron chi connectivity index (χ2n) is 4.92. The maximum absolute atomic E-state index is 6.38. The third-order valence-electron chi connectivity index (χ3n) is 3.49. The van der Waals surface area contributed by atoms with E-state index in [-0.39, 0.29) is 6.61 Å². The van der Waals surface area contributed by atoms with Crippen molar-refractivity contribution in [3.63, 3.8) is 0 Å². The maximum atomic E-state index is 6.38. The quantitative estimate of drug-likeness (QED) is 0.590. The van der Waals surface area contributed by atoms with Crippen molar-refractivity contribution in [1.29, 1.82) is 0 Å². The zero-order valence-electron chi connectivity index (χ0n) is 12.7. The number of methoxy groups -OCH3 is 1. The lowest BCUT2D eigenvalue weighted by Crippen LogP contribution is -2.00. The summed E-state index contributed by atoms with van der Waals surface area (Å²) in [5, 5.41) is 2.68. The van der Waals surface area contributed by atoms with E-state index in [0.717, 1.165) is 21.3 Å². The number of hydrogen-bond acceptors (Lipinski definition) is 6. The molecular formula is C15H12BrCl2N3O2S. The molecule has 0 aliphatic carbocycles. The Morgan fingerprint density at radius 2 is 2.00 bits per heavy atom. The number of hydrogen-bond donors (Lipinski definition) is 1. The van der Waals surface area contributed by atoms with Crippen LogP contribution in [0.15, 0.2) is 16.2 Å². The Balaban J connectivity index is 1.97. The van der Waals surface area contributed by atoms with Crippen LogP contribution in [0.4, 0.5) is 5.82 Å². The molecule has 2 N–H and O–H groups in total. The van der Waals surface area contributed by atoms with Crippen LogP contribution in [-0.2, 0) is 6.61 Å². The number of thiophene rings is 1. The molecule has 1 aromatic carbocycles. The van der Waals surface area contributed by atoms with Gasteiger partial charge in [-0.2, -0.15) is 0 Å². The lowest BCUT2D eigenvalue weighted by Gasteiger charge is -2.16. The maximum Gasteiger partial charge on any atom is 0.161 e. The molecule has 24 heavy (non-hydrogen) atoms. The Morgan fingerprint density at radius 3 is 2.71 bits per heavy atom. The normalized spacial score (nSPS) is 11.0. The van der Waals surface area contributed by atoms with Gasteiger partial charge in [0.2, 0.25) is 0 Å². The second-order valence-corrected chi connectivity index (χ2v) is 7.34. The van der Waals surface area contributed by atoms with Crippen LogP contribution in [0.1, 0.15) is 11.1 Å². The van der Waals surface area contributed by atoms with Gasteiger partial charge in [0.25, 0.3) is 0 Å². The molecule has 0 saturated heterocycles. The Morgan fingerprint density at radius 1 is 1.25 bits per heavy atom. The SMILES string of the molecule is COc1c(Cl)c(OCc2csc3c(N)ncnc23)c(Cl)c(C)c1Br. The van der Waals surface area contributed by atoms with Crippen LogP contribution >= 0.6 is 50.5 Å². The number of nitrogen functional groups attached to an aromatic ring is 1. The summed E-state index contributed by atoms with van der Waals surface area (Å²) < 4.78 is 12.7. The van der Waals surface area contributed by atoms with E-state index in [9.17, 15) is 0 Å². The zero-order valence-corrected chi connectivity index (χ0v) is 16.6. The van der Waals surface area contributed by atoms with Gasteiger partial charge < -0.3 is 15.2 Å². The molecule has 0 amide bonds. The predicted octanol–water partition coefficient (Wildman–Crippen LogP) is 5.24. The highest BCUT2D eigenvalue weighted by Crippen LogP contribution is 2.47. The van der Waals surface area contributed by atoms with Crippen molar-refractivity contribution in [3.8, 4) is 11.5 Å². The first-order chi connectivity index (χ1) is 11.5. The monoisotopic (exact) mass is 447 g/mol. The van der Waals surface area contributed by atoms with Crippen molar-refractivity contribution in [1.82, 2.24) is 9.97 Å². The van der Waals surface area contributed by atoms with Gasteiger partial charge in [0.15, 0.2) is 11.5 Å². The third kappa shape index (κ3) is 2.90. The highest BCUT2D eigenvalue weighted by atomic mass is 79.9. The minimum Gasteiger partial charge on any atom is -0.494 e. The van der Waals surface area contributed by atoms with E-state index < -0.39 is 0 Å². The van der Waals surface area contributed by atoms with Crippen LogP contribution in [0.5, 0.6) is 11.5 Å². The van der Waals surface area contributed by atoms with Crippen molar-refractivity contribution >= 4 is 66.5 Å². The summed E-state index contributed by atoms with van der Waals surface area (Å²) in [5.74, 6) is 1.31. The first-order valence-corrected chi connectivity index (χ1v) is 9.19. The molecule has 2 aromatic heterocycles. The molecule has 0 aliphatic rings. The number of rotatable bonds is 4. The number of anilines is 1. The number of aromatic nitrogens is 2. The van der Waals surface area contributed by atoms with Crippen molar-refractivity contribution in [2.45, 2.75) is 13.5 Å². The molecule has 0 radical (unpaired) electrons. The predicted molar refractivity (Wildman–Crippen MR) is 102 cm³/mol. The average molecular weight is 449 g/mol. The Kier molecular flexibility index (Phi) is 5.05. The first kappa shape index (κ1) is 17.5. The first-order valence-electron chi connectivity index (χ1n) is 6.76. The van der Waals surface area contributed by atoms with Gasteiger partial charge in [0, 0.05) is 10.9 Å². The van der Waals surface area contributed by atoms with Crippen molar-refractivity contribution in [3.05, 3.63) is 37.4 Å². The van der Waals surface area contributed by atoms with Gasteiger partial charge in [-0.15, -0.1) is 11.3 Å². The van der Waals surface area contributed by atoms with Crippen molar-refractivity contribution < 1.29 is 9.47 Å². The molecule has 5 nitrogen and oxygen atoms in total. The van der Waals surface area contributed by atoms with E-state index in [1.165, 1.54) is 24.8 Å². The van der Waals surface area contributed by atoms with Gasteiger partial charge in [-0.05, 0) is 28.4 Å². The molecule has 2 heterocycles. The molecule has 0 aliphatic heterocycles. The van der Waals surface area contributed by atoms with E-state index in [4.69, 9.17) is 38.4 Å². The number of fused-ring (bicyclic) bond motifs is 1.